The number of thiazole rings is 1. The van der Waals surface area contributed by atoms with E-state index in [2.05, 4.69) is 15.4 Å². The van der Waals surface area contributed by atoms with Crippen LogP contribution in [0.5, 0.6) is 5.88 Å². The molecular formula is C30H41N5O6S. The number of carbonyl (C=O) groups is 2. The lowest BCUT2D eigenvalue weighted by Crippen LogP contribution is -2.48. The molecule has 2 aromatic heterocycles. The summed E-state index contributed by atoms with van der Waals surface area (Å²) in [6, 6.07) is 8.67. The highest BCUT2D eigenvalue weighted by Crippen LogP contribution is 2.32. The second-order valence-corrected chi connectivity index (χ2v) is 11.8. The molecule has 4 atom stereocenters. The second kappa shape index (κ2) is 13.8. The lowest BCUT2D eigenvalue weighted by Gasteiger charge is -2.30. The SMILES string of the molecule is COC(COc1cc([C@H](C(=O)N2C[C@H](O)C[C@H]2C(=O)N[C@@H](C)c2ccc(-c3scnc3C)cc2)C(C)C)nn1C)OC. The highest BCUT2D eigenvalue weighted by molar-refractivity contribution is 7.13. The summed E-state index contributed by atoms with van der Waals surface area (Å²) in [4.78, 5) is 34.4. The third-order valence-corrected chi connectivity index (χ3v) is 8.62. The maximum Gasteiger partial charge on any atom is 0.243 e. The number of carbonyl (C=O) groups excluding carboxylic acids is 2. The van der Waals surface area contributed by atoms with Crippen LogP contribution < -0.4 is 10.1 Å². The van der Waals surface area contributed by atoms with E-state index < -0.39 is 24.4 Å². The minimum absolute atomic E-state index is 0.0803. The average molecular weight is 600 g/mol. The van der Waals surface area contributed by atoms with E-state index >= 15 is 0 Å². The summed E-state index contributed by atoms with van der Waals surface area (Å²) >= 11 is 1.59. The number of nitrogens with one attached hydrogen (secondary N) is 1. The van der Waals surface area contributed by atoms with Gasteiger partial charge in [0.25, 0.3) is 0 Å². The van der Waals surface area contributed by atoms with Gasteiger partial charge in [0.05, 0.1) is 39.8 Å². The van der Waals surface area contributed by atoms with E-state index in [1.807, 2.05) is 57.5 Å². The first-order valence-corrected chi connectivity index (χ1v) is 14.9. The maximum atomic E-state index is 14.0. The number of ether oxygens (including phenoxy) is 3. The van der Waals surface area contributed by atoms with Gasteiger partial charge in [0.2, 0.25) is 17.7 Å². The van der Waals surface area contributed by atoms with E-state index in [0.29, 0.717) is 11.6 Å². The Labute approximate surface area is 250 Å². The number of likely N-dealkylation sites (tertiary alicyclic amines) is 1. The van der Waals surface area contributed by atoms with Gasteiger partial charge in [0.1, 0.15) is 12.6 Å². The van der Waals surface area contributed by atoms with Crippen molar-refractivity contribution in [1.82, 2.24) is 25.0 Å². The number of aliphatic hydroxyl groups excluding tert-OH is 1. The van der Waals surface area contributed by atoms with Crippen LogP contribution in [-0.4, -0.2) is 82.4 Å². The van der Waals surface area contributed by atoms with Gasteiger partial charge in [0.15, 0.2) is 6.29 Å². The van der Waals surface area contributed by atoms with E-state index in [0.717, 1.165) is 21.7 Å². The van der Waals surface area contributed by atoms with Crippen LogP contribution in [0, 0.1) is 12.8 Å². The summed E-state index contributed by atoms with van der Waals surface area (Å²) < 4.78 is 17.7. The van der Waals surface area contributed by atoms with Gasteiger partial charge in [-0.1, -0.05) is 38.1 Å². The van der Waals surface area contributed by atoms with Gasteiger partial charge in [-0.25, -0.2) is 9.67 Å². The molecule has 1 aliphatic heterocycles. The number of aromatic nitrogens is 3. The van der Waals surface area contributed by atoms with Crippen molar-refractivity contribution in [1.29, 1.82) is 0 Å². The van der Waals surface area contributed by atoms with E-state index in [-0.39, 0.29) is 43.3 Å². The number of nitrogens with zero attached hydrogens (tertiary/aromatic N) is 4. The second-order valence-electron chi connectivity index (χ2n) is 11.0. The zero-order valence-electron chi connectivity index (χ0n) is 25.2. The molecule has 2 N–H and O–H groups in total. The number of aryl methyl sites for hydroxylation is 2. The quantitative estimate of drug-likeness (QED) is 0.303. The van der Waals surface area contributed by atoms with Gasteiger partial charge in [-0.05, 0) is 30.9 Å². The molecule has 42 heavy (non-hydrogen) atoms. The van der Waals surface area contributed by atoms with Gasteiger partial charge in [-0.3, -0.25) is 9.59 Å². The molecule has 0 bridgehead atoms. The van der Waals surface area contributed by atoms with Crippen LogP contribution in [0.2, 0.25) is 0 Å². The molecule has 1 aromatic carbocycles. The van der Waals surface area contributed by atoms with E-state index in [4.69, 9.17) is 14.2 Å². The molecule has 0 spiro atoms. The Morgan fingerprint density at radius 1 is 1.17 bits per heavy atom. The molecule has 2 amide bonds. The van der Waals surface area contributed by atoms with Crippen molar-refractivity contribution in [2.24, 2.45) is 13.0 Å². The molecule has 228 valence electrons. The fourth-order valence-corrected chi connectivity index (χ4v) is 6.09. The Balaban J connectivity index is 1.47. The predicted molar refractivity (Wildman–Crippen MR) is 159 cm³/mol. The monoisotopic (exact) mass is 599 g/mol. The number of benzene rings is 1. The number of amides is 2. The molecule has 1 fully saturated rings. The molecule has 3 heterocycles. The van der Waals surface area contributed by atoms with E-state index in [1.54, 1.807) is 29.1 Å². The molecular weight excluding hydrogens is 558 g/mol. The molecule has 0 aliphatic carbocycles. The van der Waals surface area contributed by atoms with Crippen molar-refractivity contribution in [3.05, 3.63) is 52.8 Å². The van der Waals surface area contributed by atoms with Crippen molar-refractivity contribution in [2.45, 2.75) is 64.5 Å². The van der Waals surface area contributed by atoms with Crippen molar-refractivity contribution >= 4 is 23.2 Å². The summed E-state index contributed by atoms with van der Waals surface area (Å²) in [7, 11) is 4.79. The lowest BCUT2D eigenvalue weighted by atomic mass is 9.90. The number of rotatable bonds is 12. The zero-order valence-corrected chi connectivity index (χ0v) is 26.1. The van der Waals surface area contributed by atoms with Gasteiger partial charge < -0.3 is 29.5 Å². The summed E-state index contributed by atoms with van der Waals surface area (Å²) in [6.45, 7) is 7.99. The Bertz CT molecular complexity index is 1350. The first-order valence-electron chi connectivity index (χ1n) is 14.1. The molecule has 1 saturated heterocycles. The molecule has 0 saturated carbocycles. The maximum absolute atomic E-state index is 14.0. The van der Waals surface area contributed by atoms with Gasteiger partial charge >= 0.3 is 0 Å². The van der Waals surface area contributed by atoms with Crippen LogP contribution in [0.3, 0.4) is 0 Å². The Morgan fingerprint density at radius 2 is 1.86 bits per heavy atom. The fraction of sp³-hybridized carbons (Fsp3) is 0.533. The van der Waals surface area contributed by atoms with Gasteiger partial charge in [-0.2, -0.15) is 5.10 Å². The highest BCUT2D eigenvalue weighted by Gasteiger charge is 2.43. The van der Waals surface area contributed by atoms with E-state index in [1.165, 1.54) is 19.1 Å². The molecule has 4 rings (SSSR count). The number of aliphatic hydroxyl groups is 1. The Kier molecular flexibility index (Phi) is 10.4. The summed E-state index contributed by atoms with van der Waals surface area (Å²) in [5.41, 5.74) is 5.36. The minimum Gasteiger partial charge on any atom is -0.472 e. The third-order valence-electron chi connectivity index (χ3n) is 7.64. The van der Waals surface area contributed by atoms with Gasteiger partial charge in [-0.15, -0.1) is 11.3 Å². The topological polar surface area (TPSA) is 128 Å². The van der Waals surface area contributed by atoms with Gasteiger partial charge in [0, 0.05) is 40.3 Å². The van der Waals surface area contributed by atoms with Crippen molar-refractivity contribution in [3.8, 4) is 16.3 Å². The Morgan fingerprint density at radius 3 is 2.45 bits per heavy atom. The van der Waals surface area contributed by atoms with Crippen LogP contribution in [0.4, 0.5) is 0 Å². The first kappa shape index (κ1) is 31.6. The van der Waals surface area contributed by atoms with Crippen molar-refractivity contribution < 1.29 is 28.9 Å². The zero-order chi connectivity index (χ0) is 30.6. The lowest BCUT2D eigenvalue weighted by molar-refractivity contribution is -0.140. The molecule has 12 heteroatoms. The van der Waals surface area contributed by atoms with Crippen molar-refractivity contribution in [2.75, 3.05) is 27.4 Å². The molecule has 0 radical (unpaired) electrons. The van der Waals surface area contributed by atoms with Crippen LogP contribution in [0.1, 0.15) is 56.1 Å². The molecule has 11 nitrogen and oxygen atoms in total. The number of β-amino-alcohol motifs (C(OH)–C–C–N with tert-alkyl or cyclic N) is 1. The largest absolute Gasteiger partial charge is 0.472 e. The average Bonchev–Trinajstić information content (AvgIpc) is 3.67. The molecule has 3 aromatic rings. The van der Waals surface area contributed by atoms with Crippen molar-refractivity contribution in [3.63, 3.8) is 0 Å². The highest BCUT2D eigenvalue weighted by atomic mass is 32.1. The van der Waals surface area contributed by atoms with Crippen LogP contribution in [0.25, 0.3) is 10.4 Å². The molecule has 1 aliphatic rings. The number of hydrogen-bond acceptors (Lipinski definition) is 9. The normalized spacial score (nSPS) is 18.5. The number of methoxy groups -OCH3 is 2. The van der Waals surface area contributed by atoms with Crippen LogP contribution in [-0.2, 0) is 26.1 Å². The predicted octanol–water partition coefficient (Wildman–Crippen LogP) is 3.43. The third kappa shape index (κ3) is 7.00. The Hall–Kier alpha value is -3.32. The first-order chi connectivity index (χ1) is 20.0. The fourth-order valence-electron chi connectivity index (χ4n) is 5.28. The minimum atomic E-state index is -0.794. The van der Waals surface area contributed by atoms with Crippen LogP contribution in [0.15, 0.2) is 35.8 Å². The molecule has 0 unspecified atom stereocenters. The summed E-state index contributed by atoms with van der Waals surface area (Å²) in [6.07, 6.45) is -1.17. The van der Waals surface area contributed by atoms with E-state index in [9.17, 15) is 14.7 Å². The summed E-state index contributed by atoms with van der Waals surface area (Å²) in [5, 5.41) is 18.1. The standard InChI is InChI=1S/C30H41N5O6S/c1-17(2)27(23-13-25(34(5)33-23)41-15-26(39-6)40-7)30(38)35-14-22(36)12-24(35)29(37)32-18(3)20-8-10-21(11-9-20)28-19(4)31-16-42-28/h8-11,13,16-18,22,24,26-27,36H,12,14-15H2,1-7H3,(H,32,37)/t18-,22+,24-,27+/m0/s1. The summed E-state index contributed by atoms with van der Waals surface area (Å²) in [5.74, 6) is -0.840. The number of hydrogen-bond donors (Lipinski definition) is 2. The van der Waals surface area contributed by atoms with Crippen LogP contribution >= 0.6 is 11.3 Å². The smallest absolute Gasteiger partial charge is 0.243 e.